The lowest BCUT2D eigenvalue weighted by Crippen LogP contribution is -2.02. The van der Waals surface area contributed by atoms with Crippen LogP contribution in [0, 0.1) is 6.92 Å². The van der Waals surface area contributed by atoms with E-state index in [2.05, 4.69) is 15.2 Å². The van der Waals surface area contributed by atoms with Gasteiger partial charge in [-0.05, 0) is 37.3 Å². The third-order valence-electron chi connectivity index (χ3n) is 4.30. The summed E-state index contributed by atoms with van der Waals surface area (Å²) in [6.07, 6.45) is 0. The fraction of sp³-hybridized carbons (Fsp3) is 0.0500. The molecule has 0 atom stereocenters. The van der Waals surface area contributed by atoms with Crippen molar-refractivity contribution < 1.29 is 8.83 Å². The summed E-state index contributed by atoms with van der Waals surface area (Å²) in [6.45, 7) is 1.98. The van der Waals surface area contributed by atoms with Crippen molar-refractivity contribution in [1.29, 1.82) is 0 Å². The standard InChI is InChI=1S/C20H13N3O3/c1-11-6-7-17-13(8-11)9-14(20(24)25-17)18-22-23-19(26-18)16-10-12-4-2-3-5-15(12)21-16/h2-10,21H,1H3. The largest absolute Gasteiger partial charge is 0.422 e. The van der Waals surface area contributed by atoms with Gasteiger partial charge in [0, 0.05) is 16.3 Å². The molecule has 3 aromatic heterocycles. The average Bonchev–Trinajstić information content (AvgIpc) is 3.28. The van der Waals surface area contributed by atoms with Crippen molar-refractivity contribution in [1.82, 2.24) is 15.2 Å². The van der Waals surface area contributed by atoms with E-state index in [1.165, 1.54) is 0 Å². The van der Waals surface area contributed by atoms with Crippen LogP contribution in [-0.2, 0) is 0 Å². The van der Waals surface area contributed by atoms with Crippen molar-refractivity contribution in [3.05, 3.63) is 70.6 Å². The monoisotopic (exact) mass is 343 g/mol. The Balaban J connectivity index is 1.62. The van der Waals surface area contributed by atoms with Crippen molar-refractivity contribution in [3.63, 3.8) is 0 Å². The first-order valence-electron chi connectivity index (χ1n) is 8.14. The summed E-state index contributed by atoms with van der Waals surface area (Å²) in [6, 6.07) is 17.1. The second-order valence-electron chi connectivity index (χ2n) is 6.17. The molecule has 0 bridgehead atoms. The lowest BCUT2D eigenvalue weighted by Gasteiger charge is -1.99. The van der Waals surface area contributed by atoms with E-state index in [0.29, 0.717) is 17.2 Å². The normalized spacial score (nSPS) is 11.4. The van der Waals surface area contributed by atoms with E-state index < -0.39 is 5.63 Å². The van der Waals surface area contributed by atoms with Crippen LogP contribution in [0.25, 0.3) is 44.9 Å². The highest BCUT2D eigenvalue weighted by molar-refractivity contribution is 5.84. The molecule has 6 heteroatoms. The van der Waals surface area contributed by atoms with Gasteiger partial charge in [-0.2, -0.15) is 0 Å². The Kier molecular flexibility index (Phi) is 3.05. The molecule has 0 spiro atoms. The number of aromatic amines is 1. The highest BCUT2D eigenvalue weighted by Crippen LogP contribution is 2.26. The van der Waals surface area contributed by atoms with Gasteiger partial charge in [0.25, 0.3) is 11.8 Å². The fourth-order valence-corrected chi connectivity index (χ4v) is 3.02. The topological polar surface area (TPSA) is 84.9 Å². The smallest absolute Gasteiger partial charge is 0.349 e. The molecule has 5 aromatic rings. The van der Waals surface area contributed by atoms with E-state index in [-0.39, 0.29) is 11.5 Å². The molecule has 6 nitrogen and oxygen atoms in total. The molecule has 0 aliphatic rings. The zero-order valence-corrected chi connectivity index (χ0v) is 13.8. The summed E-state index contributed by atoms with van der Waals surface area (Å²) in [5, 5.41) is 9.95. The quantitative estimate of drug-likeness (QED) is 0.483. The Morgan fingerprint density at radius 3 is 2.62 bits per heavy atom. The Morgan fingerprint density at radius 2 is 1.73 bits per heavy atom. The number of aryl methyl sites for hydroxylation is 1. The van der Waals surface area contributed by atoms with Crippen molar-refractivity contribution in [3.8, 4) is 23.0 Å². The van der Waals surface area contributed by atoms with Gasteiger partial charge >= 0.3 is 5.63 Å². The van der Waals surface area contributed by atoms with E-state index in [1.54, 1.807) is 12.1 Å². The molecule has 126 valence electrons. The van der Waals surface area contributed by atoms with Crippen LogP contribution >= 0.6 is 0 Å². The molecule has 0 aliphatic carbocycles. The number of hydrogen-bond donors (Lipinski definition) is 1. The number of aromatic nitrogens is 3. The van der Waals surface area contributed by atoms with Crippen molar-refractivity contribution in [2.24, 2.45) is 0 Å². The SMILES string of the molecule is Cc1ccc2oc(=O)c(-c3nnc(-c4cc5ccccc5[nH]4)o3)cc2c1. The number of hydrogen-bond acceptors (Lipinski definition) is 5. The average molecular weight is 343 g/mol. The predicted molar refractivity (Wildman–Crippen MR) is 97.8 cm³/mol. The van der Waals surface area contributed by atoms with E-state index in [1.807, 2.05) is 49.4 Å². The van der Waals surface area contributed by atoms with Crippen LogP contribution < -0.4 is 5.63 Å². The Hall–Kier alpha value is -3.67. The number of nitrogens with one attached hydrogen (secondary N) is 1. The first kappa shape index (κ1) is 14.7. The van der Waals surface area contributed by atoms with E-state index in [9.17, 15) is 4.79 Å². The van der Waals surface area contributed by atoms with Gasteiger partial charge in [0.05, 0.1) is 0 Å². The Labute approximate surface area is 147 Å². The van der Waals surface area contributed by atoms with Gasteiger partial charge in [-0.3, -0.25) is 0 Å². The summed E-state index contributed by atoms with van der Waals surface area (Å²) in [5.74, 6) is 0.454. The molecule has 5 rings (SSSR count). The highest BCUT2D eigenvalue weighted by atomic mass is 16.4. The number of H-pyrrole nitrogens is 1. The van der Waals surface area contributed by atoms with Gasteiger partial charge < -0.3 is 13.8 Å². The number of rotatable bonds is 2. The maximum atomic E-state index is 12.3. The van der Waals surface area contributed by atoms with Gasteiger partial charge in [0.1, 0.15) is 16.8 Å². The third kappa shape index (κ3) is 2.31. The molecule has 26 heavy (non-hydrogen) atoms. The maximum Gasteiger partial charge on any atom is 0.349 e. The number of nitrogens with zero attached hydrogens (tertiary/aromatic N) is 2. The summed E-state index contributed by atoms with van der Waals surface area (Å²) in [4.78, 5) is 15.5. The summed E-state index contributed by atoms with van der Waals surface area (Å²) in [5.41, 5.74) is 3.02. The lowest BCUT2D eigenvalue weighted by molar-refractivity contribution is 0.547. The third-order valence-corrected chi connectivity index (χ3v) is 4.30. The minimum Gasteiger partial charge on any atom is -0.422 e. The lowest BCUT2D eigenvalue weighted by atomic mass is 10.1. The maximum absolute atomic E-state index is 12.3. The molecule has 0 amide bonds. The minimum absolute atomic E-state index is 0.135. The number of benzene rings is 2. The van der Waals surface area contributed by atoms with E-state index >= 15 is 0 Å². The molecule has 3 heterocycles. The van der Waals surface area contributed by atoms with Crippen LogP contribution in [0.4, 0.5) is 0 Å². The van der Waals surface area contributed by atoms with Crippen LogP contribution in [-0.4, -0.2) is 15.2 Å². The summed E-state index contributed by atoms with van der Waals surface area (Å²) < 4.78 is 11.1. The first-order valence-corrected chi connectivity index (χ1v) is 8.14. The van der Waals surface area contributed by atoms with E-state index in [0.717, 1.165) is 21.9 Å². The second kappa shape index (κ2) is 5.42. The molecule has 0 aliphatic heterocycles. The van der Waals surface area contributed by atoms with Crippen LogP contribution in [0.2, 0.25) is 0 Å². The predicted octanol–water partition coefficient (Wildman–Crippen LogP) is 4.30. The van der Waals surface area contributed by atoms with Gasteiger partial charge in [-0.15, -0.1) is 10.2 Å². The molecule has 0 radical (unpaired) electrons. The van der Waals surface area contributed by atoms with Gasteiger partial charge in [-0.25, -0.2) is 4.79 Å². The molecule has 1 N–H and O–H groups in total. The summed E-state index contributed by atoms with van der Waals surface area (Å²) in [7, 11) is 0. The fourth-order valence-electron chi connectivity index (χ4n) is 3.02. The number of para-hydroxylation sites is 1. The second-order valence-corrected chi connectivity index (χ2v) is 6.17. The Bertz CT molecular complexity index is 1290. The molecule has 0 fully saturated rings. The minimum atomic E-state index is -0.506. The van der Waals surface area contributed by atoms with Crippen LogP contribution in [0.1, 0.15) is 5.56 Å². The zero-order chi connectivity index (χ0) is 17.7. The van der Waals surface area contributed by atoms with Crippen molar-refractivity contribution >= 4 is 21.9 Å². The van der Waals surface area contributed by atoms with Crippen LogP contribution in [0.15, 0.2) is 68.2 Å². The molecule has 2 aromatic carbocycles. The molecule has 0 unspecified atom stereocenters. The van der Waals surface area contributed by atoms with Crippen molar-refractivity contribution in [2.45, 2.75) is 6.92 Å². The van der Waals surface area contributed by atoms with Crippen LogP contribution in [0.3, 0.4) is 0 Å². The number of fused-ring (bicyclic) bond motifs is 2. The molecule has 0 saturated carbocycles. The van der Waals surface area contributed by atoms with Gasteiger partial charge in [-0.1, -0.05) is 29.8 Å². The Morgan fingerprint density at radius 1 is 0.885 bits per heavy atom. The van der Waals surface area contributed by atoms with Gasteiger partial charge in [0.15, 0.2) is 0 Å². The first-order chi connectivity index (χ1) is 12.7. The summed E-state index contributed by atoms with van der Waals surface area (Å²) >= 11 is 0. The van der Waals surface area contributed by atoms with E-state index in [4.69, 9.17) is 8.83 Å². The molecule has 0 saturated heterocycles. The zero-order valence-electron chi connectivity index (χ0n) is 13.8. The van der Waals surface area contributed by atoms with Crippen LogP contribution in [0.5, 0.6) is 0 Å². The van der Waals surface area contributed by atoms with Gasteiger partial charge in [0.2, 0.25) is 0 Å². The highest BCUT2D eigenvalue weighted by Gasteiger charge is 2.17. The molecular formula is C20H13N3O3. The van der Waals surface area contributed by atoms with Crippen molar-refractivity contribution in [2.75, 3.05) is 0 Å². The molecular weight excluding hydrogens is 330 g/mol.